The number of rotatable bonds is 5. The summed E-state index contributed by atoms with van der Waals surface area (Å²) >= 11 is 4.68. The summed E-state index contributed by atoms with van der Waals surface area (Å²) in [7, 11) is 0. The maximum Gasteiger partial charge on any atom is 0.236 e. The van der Waals surface area contributed by atoms with Crippen molar-refractivity contribution < 1.29 is 4.79 Å². The van der Waals surface area contributed by atoms with Crippen LogP contribution in [0.5, 0.6) is 0 Å². The highest BCUT2D eigenvalue weighted by Gasteiger charge is 2.14. The Balaban J connectivity index is 1.30. The highest BCUT2D eigenvalue weighted by molar-refractivity contribution is 8.38. The summed E-state index contributed by atoms with van der Waals surface area (Å²) in [5.41, 5.74) is 3.48. The highest BCUT2D eigenvalue weighted by atomic mass is 32.2. The average molecular weight is 412 g/mol. The van der Waals surface area contributed by atoms with Gasteiger partial charge in [0, 0.05) is 23.2 Å². The van der Waals surface area contributed by atoms with E-state index in [0.29, 0.717) is 10.9 Å². The molecule has 0 atom stereocenters. The number of amides is 1. The minimum atomic E-state index is -0.0530. The fourth-order valence-electron chi connectivity index (χ4n) is 2.61. The van der Waals surface area contributed by atoms with Crippen molar-refractivity contribution >= 4 is 56.0 Å². The van der Waals surface area contributed by atoms with Crippen molar-refractivity contribution in [3.05, 3.63) is 76.8 Å². The largest absolute Gasteiger partial charge is 0.301 e. The van der Waals surface area contributed by atoms with Crippen molar-refractivity contribution in [1.29, 1.82) is 0 Å². The quantitative estimate of drug-likeness (QED) is 0.616. The van der Waals surface area contributed by atoms with Crippen LogP contribution in [0.1, 0.15) is 16.0 Å². The van der Waals surface area contributed by atoms with Gasteiger partial charge < -0.3 is 5.32 Å². The lowest BCUT2D eigenvalue weighted by molar-refractivity contribution is -0.113. The van der Waals surface area contributed by atoms with Crippen molar-refractivity contribution in [2.45, 2.75) is 12.2 Å². The molecule has 2 heterocycles. The average Bonchev–Trinajstić information content (AvgIpc) is 3.13. The van der Waals surface area contributed by atoms with E-state index in [9.17, 15) is 4.79 Å². The Bertz CT molecular complexity index is 969. The fraction of sp³-hybridized carbons (Fsp3) is 0.150. The number of fused-ring (bicyclic) bond motifs is 1. The number of thioether (sulfide) groups is 2. The predicted octanol–water partition coefficient (Wildman–Crippen LogP) is 5.34. The van der Waals surface area contributed by atoms with Crippen LogP contribution in [0.4, 0.5) is 10.8 Å². The van der Waals surface area contributed by atoms with E-state index in [4.69, 9.17) is 0 Å². The third-order valence-electron chi connectivity index (χ3n) is 3.90. The van der Waals surface area contributed by atoms with Crippen LogP contribution in [0.25, 0.3) is 0 Å². The number of nitrogens with one attached hydrogen (secondary N) is 1. The van der Waals surface area contributed by atoms with Crippen molar-refractivity contribution in [3.8, 4) is 0 Å². The van der Waals surface area contributed by atoms with Crippen LogP contribution in [0.15, 0.2) is 65.8 Å². The molecule has 27 heavy (non-hydrogen) atoms. The third-order valence-corrected chi connectivity index (χ3v) is 7.06. The van der Waals surface area contributed by atoms with Gasteiger partial charge in [0.25, 0.3) is 0 Å². The lowest BCUT2D eigenvalue weighted by Crippen LogP contribution is -2.14. The van der Waals surface area contributed by atoms with Gasteiger partial charge in [-0.2, -0.15) is 0 Å². The molecule has 1 aromatic heterocycles. The number of aliphatic imine (C=N–C) groups is 1. The first-order chi connectivity index (χ1) is 13.3. The van der Waals surface area contributed by atoms with Gasteiger partial charge in [-0.15, -0.1) is 11.3 Å². The monoisotopic (exact) mass is 411 g/mol. The topological polar surface area (TPSA) is 54.4 Å². The van der Waals surface area contributed by atoms with E-state index in [-0.39, 0.29) is 5.91 Å². The lowest BCUT2D eigenvalue weighted by atomic mass is 10.1. The molecule has 1 aliphatic heterocycles. The van der Waals surface area contributed by atoms with Crippen LogP contribution in [0.3, 0.4) is 0 Å². The second-order valence-corrected chi connectivity index (χ2v) is 9.23. The SMILES string of the molecule is O=C(CSC1=Nc2ccccc2CS1)Nc1ncc(Cc2ccccc2)s1. The Labute approximate surface area is 170 Å². The maximum atomic E-state index is 12.2. The van der Waals surface area contributed by atoms with Gasteiger partial charge >= 0.3 is 0 Å². The second-order valence-electron chi connectivity index (χ2n) is 5.93. The first kappa shape index (κ1) is 18.3. The molecular formula is C20H17N3OS3. The second kappa shape index (κ2) is 8.73. The zero-order valence-corrected chi connectivity index (χ0v) is 16.9. The molecule has 1 aliphatic rings. The number of benzene rings is 2. The van der Waals surface area contributed by atoms with E-state index < -0.39 is 0 Å². The van der Waals surface area contributed by atoms with Gasteiger partial charge in [0.05, 0.1) is 11.4 Å². The van der Waals surface area contributed by atoms with E-state index >= 15 is 0 Å². The molecule has 4 rings (SSSR count). The normalized spacial score (nSPS) is 13.0. The molecule has 1 amide bonds. The zero-order chi connectivity index (χ0) is 18.5. The number of hydrogen-bond acceptors (Lipinski definition) is 6. The van der Waals surface area contributed by atoms with Crippen molar-refractivity contribution in [1.82, 2.24) is 4.98 Å². The molecule has 136 valence electrons. The van der Waals surface area contributed by atoms with Gasteiger partial charge in [-0.25, -0.2) is 9.98 Å². The Hall–Kier alpha value is -2.09. The first-order valence-corrected chi connectivity index (χ1v) is 11.3. The van der Waals surface area contributed by atoms with Crippen LogP contribution in [-0.4, -0.2) is 21.0 Å². The summed E-state index contributed by atoms with van der Waals surface area (Å²) in [6, 6.07) is 18.4. The van der Waals surface area contributed by atoms with Gasteiger partial charge in [-0.05, 0) is 17.2 Å². The summed E-state index contributed by atoms with van der Waals surface area (Å²) in [6.07, 6.45) is 2.66. The third kappa shape index (κ3) is 5.00. The Morgan fingerprint density at radius 3 is 2.81 bits per heavy atom. The number of carbonyl (C=O) groups is 1. The predicted molar refractivity (Wildman–Crippen MR) is 117 cm³/mol. The van der Waals surface area contributed by atoms with Crippen LogP contribution in [0, 0.1) is 0 Å². The van der Waals surface area contributed by atoms with E-state index in [1.807, 2.05) is 42.6 Å². The summed E-state index contributed by atoms with van der Waals surface area (Å²) < 4.78 is 0.938. The Morgan fingerprint density at radius 1 is 1.11 bits per heavy atom. The van der Waals surface area contributed by atoms with Crippen LogP contribution < -0.4 is 5.32 Å². The van der Waals surface area contributed by atoms with Crippen molar-refractivity contribution in [2.24, 2.45) is 4.99 Å². The molecule has 0 saturated carbocycles. The Kier molecular flexibility index (Phi) is 5.91. The summed E-state index contributed by atoms with van der Waals surface area (Å²) in [6.45, 7) is 0. The number of aromatic nitrogens is 1. The van der Waals surface area contributed by atoms with Crippen LogP contribution in [0.2, 0.25) is 0 Å². The highest BCUT2D eigenvalue weighted by Crippen LogP contribution is 2.34. The number of anilines is 1. The molecule has 0 unspecified atom stereocenters. The minimum Gasteiger partial charge on any atom is -0.301 e. The van der Waals surface area contributed by atoms with Crippen LogP contribution in [-0.2, 0) is 17.0 Å². The number of para-hydroxylation sites is 1. The number of hydrogen-bond donors (Lipinski definition) is 1. The van der Waals surface area contributed by atoms with Gasteiger partial charge in [-0.3, -0.25) is 4.79 Å². The summed E-state index contributed by atoms with van der Waals surface area (Å²) in [5.74, 6) is 1.18. The molecule has 7 heteroatoms. The molecule has 0 bridgehead atoms. The zero-order valence-electron chi connectivity index (χ0n) is 14.4. The van der Waals surface area contributed by atoms with Gasteiger partial charge in [0.1, 0.15) is 4.38 Å². The first-order valence-electron chi connectivity index (χ1n) is 8.47. The van der Waals surface area contributed by atoms with Crippen molar-refractivity contribution in [3.63, 3.8) is 0 Å². The van der Waals surface area contributed by atoms with E-state index in [1.165, 1.54) is 34.2 Å². The van der Waals surface area contributed by atoms with E-state index in [1.54, 1.807) is 11.8 Å². The minimum absolute atomic E-state index is 0.0530. The molecule has 0 fully saturated rings. The standard InChI is InChI=1S/C20H17N3OS3/c24-18(13-26-20-22-17-9-5-4-8-15(17)12-25-20)23-19-21-11-16(27-19)10-14-6-2-1-3-7-14/h1-9,11H,10,12-13H2,(H,21,23,24). The molecule has 0 saturated heterocycles. The molecular weight excluding hydrogens is 394 g/mol. The molecule has 0 radical (unpaired) electrons. The fourth-order valence-corrected chi connectivity index (χ4v) is 5.34. The van der Waals surface area contributed by atoms with Gasteiger partial charge in [0.2, 0.25) is 5.91 Å². The van der Waals surface area contributed by atoms with E-state index in [2.05, 4.69) is 33.5 Å². The summed E-state index contributed by atoms with van der Waals surface area (Å²) in [4.78, 5) is 22.3. The molecule has 1 N–H and O–H groups in total. The number of carbonyl (C=O) groups excluding carboxylic acids is 1. The van der Waals surface area contributed by atoms with Gasteiger partial charge in [0.15, 0.2) is 5.13 Å². The van der Waals surface area contributed by atoms with Crippen LogP contribution >= 0.6 is 34.9 Å². The van der Waals surface area contributed by atoms with Gasteiger partial charge in [-0.1, -0.05) is 72.1 Å². The maximum absolute atomic E-state index is 12.2. The number of thiazole rings is 1. The van der Waals surface area contributed by atoms with Crippen molar-refractivity contribution in [2.75, 3.05) is 11.1 Å². The molecule has 0 spiro atoms. The smallest absolute Gasteiger partial charge is 0.236 e. The Morgan fingerprint density at radius 2 is 1.93 bits per heavy atom. The summed E-state index contributed by atoms with van der Waals surface area (Å²) in [5, 5.41) is 3.54. The molecule has 3 aromatic rings. The molecule has 0 aliphatic carbocycles. The molecule has 4 nitrogen and oxygen atoms in total. The van der Waals surface area contributed by atoms with E-state index in [0.717, 1.165) is 27.1 Å². The lowest BCUT2D eigenvalue weighted by Gasteiger charge is -2.13. The molecule has 2 aromatic carbocycles. The number of nitrogens with zero attached hydrogens (tertiary/aromatic N) is 2.